The van der Waals surface area contributed by atoms with Crippen molar-refractivity contribution in [1.29, 1.82) is 5.26 Å². The van der Waals surface area contributed by atoms with Crippen LogP contribution in [0.4, 0.5) is 0 Å². The van der Waals surface area contributed by atoms with Crippen LogP contribution in [0.5, 0.6) is 0 Å². The van der Waals surface area contributed by atoms with Crippen molar-refractivity contribution in [2.75, 3.05) is 13.1 Å². The Hall–Kier alpha value is -1.13. The zero-order chi connectivity index (χ0) is 13.6. The van der Waals surface area contributed by atoms with E-state index < -0.39 is 21.2 Å². The van der Waals surface area contributed by atoms with Gasteiger partial charge in [-0.15, -0.1) is 0 Å². The smallest absolute Gasteiger partial charge is 0.232 e. The van der Waals surface area contributed by atoms with Crippen LogP contribution in [0.1, 0.15) is 27.2 Å². The number of amides is 1. The lowest BCUT2D eigenvalue weighted by atomic mass is 10.2. The van der Waals surface area contributed by atoms with Crippen LogP contribution in [0.3, 0.4) is 0 Å². The van der Waals surface area contributed by atoms with E-state index in [2.05, 4.69) is 0 Å². The van der Waals surface area contributed by atoms with Gasteiger partial charge in [0.05, 0.1) is 12.6 Å². The summed E-state index contributed by atoms with van der Waals surface area (Å²) in [6.07, 6.45) is 0.187. The van der Waals surface area contributed by atoms with E-state index in [1.54, 1.807) is 13.0 Å². The maximum Gasteiger partial charge on any atom is 0.232 e. The van der Waals surface area contributed by atoms with E-state index in [1.165, 1.54) is 0 Å². The number of primary amides is 1. The number of nitrogens with zero attached hydrogens (tertiary/aromatic N) is 2. The first-order chi connectivity index (χ1) is 7.75. The van der Waals surface area contributed by atoms with Gasteiger partial charge in [-0.2, -0.15) is 9.57 Å². The van der Waals surface area contributed by atoms with E-state index in [9.17, 15) is 13.2 Å². The SMILES string of the molecule is CCC(C#N)S(=O)(=O)N(CC(N)=O)CC(C)C. The molecule has 17 heavy (non-hydrogen) atoms. The molecule has 0 saturated heterocycles. The van der Waals surface area contributed by atoms with Crippen LogP contribution in [0, 0.1) is 17.2 Å². The molecule has 0 aliphatic rings. The number of hydrogen-bond donors (Lipinski definition) is 1. The normalized spacial score (nSPS) is 13.6. The van der Waals surface area contributed by atoms with Crippen LogP contribution in [0.2, 0.25) is 0 Å². The molecule has 0 spiro atoms. The quantitative estimate of drug-likeness (QED) is 0.699. The third-order valence-corrected chi connectivity index (χ3v) is 4.29. The van der Waals surface area contributed by atoms with Crippen LogP contribution >= 0.6 is 0 Å². The van der Waals surface area contributed by atoms with E-state index >= 15 is 0 Å². The number of rotatable bonds is 7. The summed E-state index contributed by atoms with van der Waals surface area (Å²) in [6, 6.07) is 1.74. The summed E-state index contributed by atoms with van der Waals surface area (Å²) in [7, 11) is -3.78. The molecular weight excluding hydrogens is 242 g/mol. The minimum absolute atomic E-state index is 0.0559. The summed E-state index contributed by atoms with van der Waals surface area (Å²) in [6.45, 7) is 5.08. The first-order valence-electron chi connectivity index (χ1n) is 5.42. The summed E-state index contributed by atoms with van der Waals surface area (Å²) in [4.78, 5) is 10.9. The van der Waals surface area contributed by atoms with Crippen molar-refractivity contribution in [3.8, 4) is 6.07 Å². The van der Waals surface area contributed by atoms with Gasteiger partial charge in [0, 0.05) is 6.54 Å². The fraction of sp³-hybridized carbons (Fsp3) is 0.800. The van der Waals surface area contributed by atoms with Gasteiger partial charge in [0.2, 0.25) is 15.9 Å². The molecule has 0 aliphatic carbocycles. The van der Waals surface area contributed by atoms with Crippen LogP contribution in [0.25, 0.3) is 0 Å². The monoisotopic (exact) mass is 261 g/mol. The van der Waals surface area contributed by atoms with Crippen LogP contribution < -0.4 is 5.73 Å². The van der Waals surface area contributed by atoms with Gasteiger partial charge in [-0.05, 0) is 12.3 Å². The second-order valence-electron chi connectivity index (χ2n) is 4.22. The lowest BCUT2D eigenvalue weighted by molar-refractivity contribution is -0.118. The Balaban J connectivity index is 5.15. The Morgan fingerprint density at radius 3 is 2.29 bits per heavy atom. The summed E-state index contributed by atoms with van der Waals surface area (Å²) >= 11 is 0. The third-order valence-electron chi connectivity index (χ3n) is 2.14. The summed E-state index contributed by atoms with van der Waals surface area (Å²) < 4.78 is 25.1. The second kappa shape index (κ2) is 6.57. The summed E-state index contributed by atoms with van der Waals surface area (Å²) in [5.74, 6) is -0.664. The number of carbonyl (C=O) groups is 1. The van der Waals surface area contributed by atoms with Crippen molar-refractivity contribution in [2.24, 2.45) is 11.7 Å². The molecular formula is C10H19N3O3S. The molecule has 0 aromatic rings. The predicted molar refractivity (Wildman–Crippen MR) is 64.2 cm³/mol. The zero-order valence-corrected chi connectivity index (χ0v) is 11.2. The largest absolute Gasteiger partial charge is 0.369 e. The minimum atomic E-state index is -3.78. The first-order valence-corrected chi connectivity index (χ1v) is 6.92. The van der Waals surface area contributed by atoms with E-state index in [-0.39, 0.29) is 25.4 Å². The van der Waals surface area contributed by atoms with Gasteiger partial charge >= 0.3 is 0 Å². The Morgan fingerprint density at radius 2 is 2.00 bits per heavy atom. The molecule has 0 heterocycles. The third kappa shape index (κ3) is 4.71. The van der Waals surface area contributed by atoms with Crippen LogP contribution in [-0.2, 0) is 14.8 Å². The lowest BCUT2D eigenvalue weighted by Gasteiger charge is -2.24. The molecule has 6 nitrogen and oxygen atoms in total. The number of nitriles is 1. The fourth-order valence-corrected chi connectivity index (χ4v) is 3.12. The highest BCUT2D eigenvalue weighted by atomic mass is 32.2. The lowest BCUT2D eigenvalue weighted by Crippen LogP contribution is -2.44. The van der Waals surface area contributed by atoms with Crippen molar-refractivity contribution in [3.05, 3.63) is 0 Å². The summed E-state index contributed by atoms with van der Waals surface area (Å²) in [5, 5.41) is 7.68. The van der Waals surface area contributed by atoms with Crippen molar-refractivity contribution >= 4 is 15.9 Å². The highest BCUT2D eigenvalue weighted by Gasteiger charge is 2.32. The average Bonchev–Trinajstić information content (AvgIpc) is 2.16. The van der Waals surface area contributed by atoms with Crippen molar-refractivity contribution < 1.29 is 13.2 Å². The minimum Gasteiger partial charge on any atom is -0.369 e. The molecule has 1 amide bonds. The molecule has 0 rings (SSSR count). The van der Waals surface area contributed by atoms with Gasteiger partial charge in [-0.25, -0.2) is 8.42 Å². The van der Waals surface area contributed by atoms with Crippen molar-refractivity contribution in [2.45, 2.75) is 32.4 Å². The van der Waals surface area contributed by atoms with E-state index in [0.717, 1.165) is 4.31 Å². The highest BCUT2D eigenvalue weighted by molar-refractivity contribution is 7.90. The Kier molecular flexibility index (Phi) is 6.13. The van der Waals surface area contributed by atoms with E-state index in [1.807, 2.05) is 13.8 Å². The number of sulfonamides is 1. The number of nitrogens with two attached hydrogens (primary N) is 1. The molecule has 7 heteroatoms. The van der Waals surface area contributed by atoms with Crippen molar-refractivity contribution in [1.82, 2.24) is 4.31 Å². The molecule has 2 N–H and O–H groups in total. The Labute approximate surface area is 102 Å². The van der Waals surface area contributed by atoms with Gasteiger partial charge < -0.3 is 5.73 Å². The van der Waals surface area contributed by atoms with Gasteiger partial charge in [0.1, 0.15) is 0 Å². The van der Waals surface area contributed by atoms with Gasteiger partial charge in [0.25, 0.3) is 0 Å². The molecule has 1 unspecified atom stereocenters. The van der Waals surface area contributed by atoms with Gasteiger partial charge in [-0.3, -0.25) is 4.79 Å². The fourth-order valence-electron chi connectivity index (χ4n) is 1.39. The molecule has 0 bridgehead atoms. The molecule has 0 radical (unpaired) electrons. The number of carbonyl (C=O) groups excluding carboxylic acids is 1. The van der Waals surface area contributed by atoms with Crippen molar-refractivity contribution in [3.63, 3.8) is 0 Å². The second-order valence-corrected chi connectivity index (χ2v) is 6.34. The summed E-state index contributed by atoms with van der Waals surface area (Å²) in [5.41, 5.74) is 5.02. The molecule has 0 fully saturated rings. The standard InChI is InChI=1S/C10H19N3O3S/c1-4-9(5-11)17(15,16)13(6-8(2)3)7-10(12)14/h8-9H,4,6-7H2,1-3H3,(H2,12,14). The highest BCUT2D eigenvalue weighted by Crippen LogP contribution is 2.13. The van der Waals surface area contributed by atoms with E-state index in [0.29, 0.717) is 0 Å². The average molecular weight is 261 g/mol. The molecule has 1 atom stereocenters. The molecule has 98 valence electrons. The molecule has 0 aromatic carbocycles. The predicted octanol–water partition coefficient (Wildman–Crippen LogP) is 0.0617. The maximum absolute atomic E-state index is 12.1. The molecule has 0 aliphatic heterocycles. The van der Waals surface area contributed by atoms with Crippen LogP contribution in [0.15, 0.2) is 0 Å². The first kappa shape index (κ1) is 15.9. The Morgan fingerprint density at radius 1 is 1.47 bits per heavy atom. The Bertz CT molecular complexity index is 398. The number of hydrogen-bond acceptors (Lipinski definition) is 4. The molecule has 0 saturated carbocycles. The van der Waals surface area contributed by atoms with Crippen LogP contribution in [-0.4, -0.2) is 37.0 Å². The topological polar surface area (TPSA) is 104 Å². The van der Waals surface area contributed by atoms with E-state index in [4.69, 9.17) is 11.0 Å². The maximum atomic E-state index is 12.1. The van der Waals surface area contributed by atoms with Gasteiger partial charge in [-0.1, -0.05) is 20.8 Å². The zero-order valence-electron chi connectivity index (χ0n) is 10.4. The molecule has 0 aromatic heterocycles. The van der Waals surface area contributed by atoms with Gasteiger partial charge in [0.15, 0.2) is 5.25 Å².